The molecular weight excluding hydrogens is 507 g/mol. The van der Waals surface area contributed by atoms with E-state index in [4.69, 9.17) is 4.74 Å². The van der Waals surface area contributed by atoms with Crippen molar-refractivity contribution in [1.82, 2.24) is 14.8 Å². The summed E-state index contributed by atoms with van der Waals surface area (Å²) >= 11 is 0. The van der Waals surface area contributed by atoms with E-state index in [1.54, 1.807) is 24.5 Å². The van der Waals surface area contributed by atoms with E-state index in [0.717, 1.165) is 47.8 Å². The highest BCUT2D eigenvalue weighted by Crippen LogP contribution is 2.39. The van der Waals surface area contributed by atoms with Crippen molar-refractivity contribution in [1.29, 1.82) is 0 Å². The molecular formula is C30H34F3N3O3. The van der Waals surface area contributed by atoms with Crippen LogP contribution in [0.3, 0.4) is 0 Å². The second-order valence-electron chi connectivity index (χ2n) is 10.1. The predicted octanol–water partition coefficient (Wildman–Crippen LogP) is 5.08. The van der Waals surface area contributed by atoms with Gasteiger partial charge in [-0.05, 0) is 66.3 Å². The van der Waals surface area contributed by atoms with Crippen LogP contribution in [0.2, 0.25) is 0 Å². The molecule has 9 heteroatoms. The highest BCUT2D eigenvalue weighted by Gasteiger charge is 2.51. The predicted molar refractivity (Wildman–Crippen MR) is 143 cm³/mol. The van der Waals surface area contributed by atoms with Crippen LogP contribution in [0.15, 0.2) is 67.0 Å². The monoisotopic (exact) mass is 541 g/mol. The number of esters is 1. The highest BCUT2D eigenvalue weighted by atomic mass is 19.4. The number of rotatable bonds is 8. The van der Waals surface area contributed by atoms with Gasteiger partial charge in [0.1, 0.15) is 6.04 Å². The average molecular weight is 542 g/mol. The lowest BCUT2D eigenvalue weighted by molar-refractivity contribution is -0.258. The zero-order chi connectivity index (χ0) is 28.2. The van der Waals surface area contributed by atoms with Crippen molar-refractivity contribution in [3.63, 3.8) is 0 Å². The zero-order valence-corrected chi connectivity index (χ0v) is 22.4. The number of aromatic nitrogens is 1. The number of pyridine rings is 1. The lowest BCUT2D eigenvalue weighted by atomic mass is 9.92. The molecule has 6 nitrogen and oxygen atoms in total. The fourth-order valence-corrected chi connectivity index (χ4v) is 4.94. The van der Waals surface area contributed by atoms with Gasteiger partial charge in [-0.2, -0.15) is 13.2 Å². The first-order chi connectivity index (χ1) is 18.5. The second kappa shape index (κ2) is 11.9. The molecule has 39 heavy (non-hydrogen) atoms. The van der Waals surface area contributed by atoms with Crippen molar-refractivity contribution in [2.24, 2.45) is 0 Å². The number of aliphatic hydroxyl groups is 1. The van der Waals surface area contributed by atoms with Crippen molar-refractivity contribution in [2.45, 2.75) is 51.7 Å². The van der Waals surface area contributed by atoms with Crippen molar-refractivity contribution in [3.8, 4) is 11.1 Å². The van der Waals surface area contributed by atoms with Crippen molar-refractivity contribution >= 4 is 5.97 Å². The molecule has 0 amide bonds. The third-order valence-corrected chi connectivity index (χ3v) is 7.28. The van der Waals surface area contributed by atoms with Gasteiger partial charge in [-0.1, -0.05) is 42.5 Å². The third kappa shape index (κ3) is 6.66. The van der Waals surface area contributed by atoms with E-state index in [1.807, 2.05) is 38.1 Å². The Bertz CT molecular complexity index is 1260. The van der Waals surface area contributed by atoms with Gasteiger partial charge in [-0.3, -0.25) is 19.6 Å². The molecule has 1 aromatic heterocycles. The molecule has 1 aliphatic rings. The number of alkyl halides is 3. The summed E-state index contributed by atoms with van der Waals surface area (Å²) in [4.78, 5) is 21.3. The molecule has 4 rings (SSSR count). The number of hydrogen-bond donors (Lipinski definition) is 1. The molecule has 1 saturated heterocycles. The number of halogens is 3. The number of hydrogen-bond acceptors (Lipinski definition) is 6. The molecule has 0 aliphatic carbocycles. The number of carbonyl (C=O) groups excluding carboxylic acids is 1. The summed E-state index contributed by atoms with van der Waals surface area (Å²) < 4.78 is 44.9. The Kier molecular flexibility index (Phi) is 8.73. The highest BCUT2D eigenvalue weighted by molar-refractivity contribution is 5.76. The first-order valence-electron chi connectivity index (χ1n) is 13.0. The van der Waals surface area contributed by atoms with Gasteiger partial charge < -0.3 is 9.84 Å². The lowest BCUT2D eigenvalue weighted by Gasteiger charge is -2.40. The molecule has 2 heterocycles. The SMILES string of the molecule is CCOC(=O)[C@H]1CN(Cc2ccc(-c3ccc(C(C)(O)C(F)(F)F)cc3)c(C)c2)CCN1Cc1ccncc1. The normalized spacial score (nSPS) is 18.5. The first kappa shape index (κ1) is 28.7. The summed E-state index contributed by atoms with van der Waals surface area (Å²) in [5.41, 5.74) is 1.73. The van der Waals surface area contributed by atoms with Crippen LogP contribution in [0.25, 0.3) is 11.1 Å². The summed E-state index contributed by atoms with van der Waals surface area (Å²) in [6.07, 6.45) is -1.27. The van der Waals surface area contributed by atoms with Crippen LogP contribution >= 0.6 is 0 Å². The quantitative estimate of drug-likeness (QED) is 0.402. The minimum absolute atomic E-state index is 0.202. The maximum atomic E-state index is 13.2. The van der Waals surface area contributed by atoms with E-state index >= 15 is 0 Å². The van der Waals surface area contributed by atoms with E-state index in [-0.39, 0.29) is 17.6 Å². The Morgan fingerprint density at radius 1 is 1.03 bits per heavy atom. The average Bonchev–Trinajstić information content (AvgIpc) is 2.90. The van der Waals surface area contributed by atoms with Gasteiger partial charge in [0, 0.05) is 45.1 Å². The van der Waals surface area contributed by atoms with E-state index in [1.165, 1.54) is 12.1 Å². The Morgan fingerprint density at radius 2 is 1.72 bits per heavy atom. The molecule has 0 spiro atoms. The van der Waals surface area contributed by atoms with Gasteiger partial charge in [0.15, 0.2) is 5.60 Å². The summed E-state index contributed by atoms with van der Waals surface area (Å²) in [6, 6.07) is 15.4. The van der Waals surface area contributed by atoms with Gasteiger partial charge in [0.25, 0.3) is 0 Å². The third-order valence-electron chi connectivity index (χ3n) is 7.28. The molecule has 2 aromatic carbocycles. The van der Waals surface area contributed by atoms with Crippen LogP contribution < -0.4 is 0 Å². The number of aryl methyl sites for hydroxylation is 1. The van der Waals surface area contributed by atoms with Crippen LogP contribution in [0.1, 0.15) is 36.1 Å². The number of piperazine rings is 1. The minimum atomic E-state index is -4.76. The molecule has 1 fully saturated rings. The molecule has 1 aliphatic heterocycles. The number of benzene rings is 2. The standard InChI is InChI=1S/C30H34F3N3O3/c1-4-39-28(37)27-20-35(15-16-36(27)19-22-11-13-34-14-12-22)18-23-5-10-26(21(2)17-23)24-6-8-25(9-7-24)29(3,38)30(31,32)33/h5-14,17,27,38H,4,15-16,18-20H2,1-3H3/t27-,29?/m1/s1. The molecule has 208 valence electrons. The summed E-state index contributed by atoms with van der Waals surface area (Å²) in [5, 5.41) is 9.94. The van der Waals surface area contributed by atoms with E-state index < -0.39 is 11.8 Å². The molecule has 0 bridgehead atoms. The second-order valence-corrected chi connectivity index (χ2v) is 10.1. The smallest absolute Gasteiger partial charge is 0.421 e. The van der Waals surface area contributed by atoms with Gasteiger partial charge in [0.2, 0.25) is 0 Å². The van der Waals surface area contributed by atoms with Crippen LogP contribution in [-0.2, 0) is 28.2 Å². The first-order valence-corrected chi connectivity index (χ1v) is 13.0. The van der Waals surface area contributed by atoms with Crippen LogP contribution in [0.5, 0.6) is 0 Å². The largest absolute Gasteiger partial charge is 0.465 e. The zero-order valence-electron chi connectivity index (χ0n) is 22.4. The lowest BCUT2D eigenvalue weighted by Crippen LogP contribution is -2.56. The van der Waals surface area contributed by atoms with E-state index in [2.05, 4.69) is 20.9 Å². The Labute approximate surface area is 227 Å². The Hall–Kier alpha value is -3.27. The molecule has 0 saturated carbocycles. The van der Waals surface area contributed by atoms with Crippen LogP contribution in [0.4, 0.5) is 13.2 Å². The van der Waals surface area contributed by atoms with Crippen molar-refractivity contribution in [3.05, 3.63) is 89.2 Å². The molecule has 1 unspecified atom stereocenters. The van der Waals surface area contributed by atoms with Crippen LogP contribution in [0, 0.1) is 6.92 Å². The summed E-state index contributed by atoms with van der Waals surface area (Å²) in [7, 11) is 0. The maximum absolute atomic E-state index is 13.2. The minimum Gasteiger partial charge on any atom is -0.465 e. The van der Waals surface area contributed by atoms with Gasteiger partial charge in [-0.15, -0.1) is 0 Å². The molecule has 2 atom stereocenters. The number of nitrogens with zero attached hydrogens (tertiary/aromatic N) is 3. The number of ether oxygens (including phenoxy) is 1. The summed E-state index contributed by atoms with van der Waals surface area (Å²) in [5.74, 6) is -0.226. The van der Waals surface area contributed by atoms with Gasteiger partial charge in [0.05, 0.1) is 6.61 Å². The maximum Gasteiger partial charge on any atom is 0.421 e. The number of carbonyl (C=O) groups is 1. The van der Waals surface area contributed by atoms with Crippen LogP contribution in [-0.4, -0.2) is 64.3 Å². The molecule has 3 aromatic rings. The fraction of sp³-hybridized carbons (Fsp3) is 0.400. The van der Waals surface area contributed by atoms with E-state index in [9.17, 15) is 23.1 Å². The Balaban J connectivity index is 1.45. The summed E-state index contributed by atoms with van der Waals surface area (Å²) in [6.45, 7) is 8.22. The van der Waals surface area contributed by atoms with E-state index in [0.29, 0.717) is 26.2 Å². The van der Waals surface area contributed by atoms with Gasteiger partial charge >= 0.3 is 12.1 Å². The van der Waals surface area contributed by atoms with Crippen molar-refractivity contribution < 1.29 is 27.8 Å². The Morgan fingerprint density at radius 3 is 2.33 bits per heavy atom. The van der Waals surface area contributed by atoms with Crippen molar-refractivity contribution in [2.75, 3.05) is 26.2 Å². The molecule has 0 radical (unpaired) electrons. The topological polar surface area (TPSA) is 65.9 Å². The van der Waals surface area contributed by atoms with Gasteiger partial charge in [-0.25, -0.2) is 0 Å². The fourth-order valence-electron chi connectivity index (χ4n) is 4.94. The molecule has 1 N–H and O–H groups in total.